The van der Waals surface area contributed by atoms with Crippen molar-refractivity contribution in [3.8, 4) is 11.3 Å². The van der Waals surface area contributed by atoms with Crippen molar-refractivity contribution in [1.82, 2.24) is 0 Å². The van der Waals surface area contributed by atoms with Crippen molar-refractivity contribution >= 4 is 33.3 Å². The highest BCUT2D eigenvalue weighted by Crippen LogP contribution is 2.25. The van der Waals surface area contributed by atoms with Crippen molar-refractivity contribution in [2.45, 2.75) is 17.9 Å². The lowest BCUT2D eigenvalue weighted by atomic mass is 10.1. The van der Waals surface area contributed by atoms with Gasteiger partial charge in [0, 0.05) is 23.4 Å². The number of furan rings is 1. The van der Waals surface area contributed by atoms with Gasteiger partial charge in [0.25, 0.3) is 11.6 Å². The molecule has 0 aliphatic carbocycles. The average Bonchev–Trinajstić information content (AvgIpc) is 3.24. The average molecular weight is 459 g/mol. The number of anilines is 1. The Morgan fingerprint density at radius 1 is 1.06 bits per heavy atom. The number of carbonyl (C=O) groups excluding carboxylic acids is 2. The molecule has 1 atom stereocenters. The second-order valence-corrected chi connectivity index (χ2v) is 8.14. The summed E-state index contributed by atoms with van der Waals surface area (Å²) < 4.78 is 33.1. The molecule has 0 spiro atoms. The molecule has 3 rings (SSSR count). The Morgan fingerprint density at radius 2 is 1.69 bits per heavy atom. The summed E-state index contributed by atoms with van der Waals surface area (Å²) >= 11 is 0. The molecule has 0 saturated heterocycles. The number of nitrogens with zero attached hydrogens (tertiary/aromatic N) is 1. The van der Waals surface area contributed by atoms with Gasteiger partial charge in [-0.2, -0.15) is 0 Å². The number of primary sulfonamides is 1. The number of esters is 1. The van der Waals surface area contributed by atoms with E-state index in [-0.39, 0.29) is 22.0 Å². The van der Waals surface area contributed by atoms with Crippen LogP contribution in [0, 0.1) is 10.1 Å². The molecule has 12 heteroatoms. The molecule has 0 radical (unpaired) electrons. The number of nitro groups is 1. The van der Waals surface area contributed by atoms with Crippen LogP contribution in [0.5, 0.6) is 0 Å². The molecule has 1 aromatic heterocycles. The summed E-state index contributed by atoms with van der Waals surface area (Å²) in [6, 6.07) is 13.5. The van der Waals surface area contributed by atoms with E-state index in [9.17, 15) is 28.1 Å². The number of sulfonamides is 1. The van der Waals surface area contributed by atoms with Crippen molar-refractivity contribution < 1.29 is 32.1 Å². The number of nitrogens with two attached hydrogens (primary N) is 1. The summed E-state index contributed by atoms with van der Waals surface area (Å²) in [5, 5.41) is 18.2. The van der Waals surface area contributed by atoms with Gasteiger partial charge < -0.3 is 14.5 Å². The van der Waals surface area contributed by atoms with Gasteiger partial charge >= 0.3 is 5.97 Å². The fraction of sp³-hybridized carbons (Fsp3) is 0.100. The van der Waals surface area contributed by atoms with E-state index in [1.807, 2.05) is 0 Å². The predicted octanol–water partition coefficient (Wildman–Crippen LogP) is 2.69. The third kappa shape index (κ3) is 5.36. The van der Waals surface area contributed by atoms with Gasteiger partial charge in [-0.25, -0.2) is 18.4 Å². The number of ether oxygens (including phenoxy) is 1. The van der Waals surface area contributed by atoms with Crippen LogP contribution in [0.25, 0.3) is 11.3 Å². The van der Waals surface area contributed by atoms with E-state index < -0.39 is 32.9 Å². The highest BCUT2D eigenvalue weighted by atomic mass is 32.2. The zero-order valence-corrected chi connectivity index (χ0v) is 17.4. The molecule has 3 N–H and O–H groups in total. The summed E-state index contributed by atoms with van der Waals surface area (Å²) in [4.78, 5) is 34.6. The maximum absolute atomic E-state index is 12.3. The van der Waals surface area contributed by atoms with Gasteiger partial charge in [0.15, 0.2) is 6.10 Å². The van der Waals surface area contributed by atoms with Crippen LogP contribution >= 0.6 is 0 Å². The number of non-ortho nitro benzene ring substituents is 1. The van der Waals surface area contributed by atoms with Gasteiger partial charge in [0.1, 0.15) is 5.76 Å². The molecular weight excluding hydrogens is 442 g/mol. The van der Waals surface area contributed by atoms with Gasteiger partial charge in [-0.05, 0) is 55.5 Å². The maximum Gasteiger partial charge on any atom is 0.375 e. The van der Waals surface area contributed by atoms with Crippen LogP contribution in [0.4, 0.5) is 11.4 Å². The summed E-state index contributed by atoms with van der Waals surface area (Å²) in [5.74, 6) is -1.40. The lowest BCUT2D eigenvalue weighted by Gasteiger charge is -2.13. The van der Waals surface area contributed by atoms with Crippen molar-refractivity contribution in [3.05, 3.63) is 76.5 Å². The minimum absolute atomic E-state index is 0.0842. The van der Waals surface area contributed by atoms with Crippen LogP contribution < -0.4 is 10.5 Å². The van der Waals surface area contributed by atoms with Crippen LogP contribution in [0.2, 0.25) is 0 Å². The second kappa shape index (κ2) is 8.99. The number of rotatable bonds is 7. The first-order valence-corrected chi connectivity index (χ1v) is 10.6. The summed E-state index contributed by atoms with van der Waals surface area (Å²) in [6.07, 6.45) is -1.19. The zero-order chi connectivity index (χ0) is 23.5. The second-order valence-electron chi connectivity index (χ2n) is 6.57. The molecular formula is C20H17N3O8S. The molecule has 0 fully saturated rings. The lowest BCUT2D eigenvalue weighted by molar-refractivity contribution is -0.384. The van der Waals surface area contributed by atoms with Gasteiger partial charge in [-0.15, -0.1) is 0 Å². The number of benzene rings is 2. The molecule has 166 valence electrons. The van der Waals surface area contributed by atoms with Crippen molar-refractivity contribution in [2.24, 2.45) is 5.14 Å². The summed E-state index contributed by atoms with van der Waals surface area (Å²) in [5.41, 5.74) is 0.714. The van der Waals surface area contributed by atoms with E-state index in [4.69, 9.17) is 14.3 Å². The first-order valence-electron chi connectivity index (χ1n) is 9.04. The van der Waals surface area contributed by atoms with Gasteiger partial charge in [0.05, 0.1) is 9.82 Å². The molecule has 0 aliphatic heterocycles. The van der Waals surface area contributed by atoms with E-state index in [2.05, 4.69) is 5.32 Å². The zero-order valence-electron chi connectivity index (χ0n) is 16.5. The van der Waals surface area contributed by atoms with Crippen molar-refractivity contribution in [3.63, 3.8) is 0 Å². The molecule has 3 aromatic rings. The quantitative estimate of drug-likeness (QED) is 0.308. The molecule has 11 nitrogen and oxygen atoms in total. The number of nitrogens with one attached hydrogen (secondary N) is 1. The first kappa shape index (κ1) is 22.7. The number of amides is 1. The van der Waals surface area contributed by atoms with Gasteiger partial charge in [-0.1, -0.05) is 0 Å². The SMILES string of the molecule is C[C@H](OC(=O)c1ccc(-c2ccc([N+](=O)[O-])cc2)o1)C(=O)Nc1ccc(S(N)(=O)=O)cc1. The van der Waals surface area contributed by atoms with E-state index >= 15 is 0 Å². The Bertz CT molecular complexity index is 1260. The Morgan fingerprint density at radius 3 is 2.25 bits per heavy atom. The molecule has 32 heavy (non-hydrogen) atoms. The third-order valence-corrected chi connectivity index (χ3v) is 5.20. The number of hydrogen-bond donors (Lipinski definition) is 2. The third-order valence-electron chi connectivity index (χ3n) is 4.27. The molecule has 2 aromatic carbocycles. The predicted molar refractivity (Wildman–Crippen MR) is 112 cm³/mol. The molecule has 0 saturated carbocycles. The van der Waals surface area contributed by atoms with Gasteiger partial charge in [0.2, 0.25) is 15.8 Å². The van der Waals surface area contributed by atoms with E-state index in [1.54, 1.807) is 0 Å². The Labute approximate surface area is 182 Å². The topological polar surface area (TPSA) is 172 Å². The summed E-state index contributed by atoms with van der Waals surface area (Å²) in [6.45, 7) is 1.35. The van der Waals surface area contributed by atoms with Crippen LogP contribution in [0.15, 0.2) is 70.0 Å². The molecule has 1 heterocycles. The van der Waals surface area contributed by atoms with Crippen molar-refractivity contribution in [1.29, 1.82) is 0 Å². The van der Waals surface area contributed by atoms with Crippen LogP contribution in [0.3, 0.4) is 0 Å². The molecule has 0 bridgehead atoms. The largest absolute Gasteiger partial charge is 0.449 e. The monoisotopic (exact) mass is 459 g/mol. The first-order chi connectivity index (χ1) is 15.0. The molecule has 1 amide bonds. The Balaban J connectivity index is 1.61. The normalized spacial score (nSPS) is 12.1. The minimum Gasteiger partial charge on any atom is -0.449 e. The van der Waals surface area contributed by atoms with Crippen LogP contribution in [-0.4, -0.2) is 31.3 Å². The Hall–Kier alpha value is -4.03. The number of carbonyl (C=O) groups is 2. The fourth-order valence-electron chi connectivity index (χ4n) is 2.59. The maximum atomic E-state index is 12.3. The summed E-state index contributed by atoms with van der Waals surface area (Å²) in [7, 11) is -3.86. The van der Waals surface area contributed by atoms with Crippen LogP contribution in [-0.2, 0) is 19.6 Å². The molecule has 0 unspecified atom stereocenters. The Kier molecular flexibility index (Phi) is 6.37. The number of nitro benzene ring substituents is 1. The van der Waals surface area contributed by atoms with Gasteiger partial charge in [-0.3, -0.25) is 14.9 Å². The van der Waals surface area contributed by atoms with E-state index in [0.717, 1.165) is 0 Å². The minimum atomic E-state index is -3.86. The van der Waals surface area contributed by atoms with E-state index in [0.29, 0.717) is 11.3 Å². The molecule has 0 aliphatic rings. The highest BCUT2D eigenvalue weighted by Gasteiger charge is 2.22. The lowest BCUT2D eigenvalue weighted by Crippen LogP contribution is -2.29. The van der Waals surface area contributed by atoms with Crippen LogP contribution in [0.1, 0.15) is 17.5 Å². The highest BCUT2D eigenvalue weighted by molar-refractivity contribution is 7.89. The van der Waals surface area contributed by atoms with Crippen molar-refractivity contribution in [2.75, 3.05) is 5.32 Å². The van der Waals surface area contributed by atoms with E-state index in [1.165, 1.54) is 67.6 Å². The fourth-order valence-corrected chi connectivity index (χ4v) is 3.11. The smallest absolute Gasteiger partial charge is 0.375 e. The number of hydrogen-bond acceptors (Lipinski definition) is 8. The standard InChI is InChI=1S/C20H17N3O8S/c1-12(19(24)22-14-4-8-16(9-5-14)32(21,28)29)30-20(25)18-11-10-17(31-18)13-2-6-15(7-3-13)23(26)27/h2-12H,1H3,(H,22,24)(H2,21,28,29)/t12-/m0/s1.